The van der Waals surface area contributed by atoms with Gasteiger partial charge in [0.15, 0.2) is 0 Å². The summed E-state index contributed by atoms with van der Waals surface area (Å²) < 4.78 is 10.2. The first kappa shape index (κ1) is 15.3. The predicted molar refractivity (Wildman–Crippen MR) is 78.2 cm³/mol. The molecule has 6 heteroatoms. The summed E-state index contributed by atoms with van der Waals surface area (Å²) in [6.45, 7) is 0.321. The molecule has 2 N–H and O–H groups in total. The van der Waals surface area contributed by atoms with Crippen LogP contribution in [-0.2, 0) is 14.3 Å². The third-order valence-electron chi connectivity index (χ3n) is 3.53. The number of hydrogen-bond donors (Lipinski definition) is 2. The van der Waals surface area contributed by atoms with E-state index in [0.29, 0.717) is 30.9 Å². The van der Waals surface area contributed by atoms with Crippen LogP contribution in [0.1, 0.15) is 12.8 Å². The van der Waals surface area contributed by atoms with Crippen molar-refractivity contribution in [2.24, 2.45) is 5.92 Å². The number of piperidine rings is 1. The lowest BCUT2D eigenvalue weighted by Crippen LogP contribution is -2.51. The van der Waals surface area contributed by atoms with Gasteiger partial charge in [-0.15, -0.1) is 0 Å². The number of rotatable bonds is 5. The van der Waals surface area contributed by atoms with E-state index in [1.165, 1.54) is 0 Å². The molecule has 2 amide bonds. The Balaban J connectivity index is 2.05. The highest BCUT2D eigenvalue weighted by Crippen LogP contribution is 2.22. The minimum atomic E-state index is -0.297. The molecular weight excluding hydrogens is 272 g/mol. The van der Waals surface area contributed by atoms with Crippen molar-refractivity contribution >= 4 is 17.5 Å². The molecule has 0 bridgehead atoms. The first-order chi connectivity index (χ1) is 10.1. The molecule has 1 fully saturated rings. The van der Waals surface area contributed by atoms with Crippen molar-refractivity contribution in [3.05, 3.63) is 24.3 Å². The molecular formula is C15H20N2O4. The number of nitrogens with one attached hydrogen (secondary N) is 2. The fraction of sp³-hybridized carbons (Fsp3) is 0.467. The number of methoxy groups -OCH3 is 2. The normalized spacial score (nSPS) is 21.5. The SMILES string of the molecule is COC[C@H]1NC(=O)CC[C@H]1C(=O)Nc1cccc(OC)c1. The van der Waals surface area contributed by atoms with Crippen LogP contribution in [-0.4, -0.2) is 38.7 Å². The standard InChI is InChI=1S/C15H20N2O4/c1-20-9-13-12(6-7-14(18)17-13)15(19)16-10-4-3-5-11(8-10)21-2/h3-5,8,12-13H,6-7,9H2,1-2H3,(H,16,19)(H,17,18)/t12-,13-/m1/s1. The number of hydrogen-bond acceptors (Lipinski definition) is 4. The summed E-state index contributed by atoms with van der Waals surface area (Å²) in [6, 6.07) is 6.88. The third kappa shape index (κ3) is 3.95. The van der Waals surface area contributed by atoms with Gasteiger partial charge in [0.2, 0.25) is 11.8 Å². The van der Waals surface area contributed by atoms with Crippen LogP contribution in [0, 0.1) is 5.92 Å². The number of carbonyl (C=O) groups excluding carboxylic acids is 2. The second-order valence-electron chi connectivity index (χ2n) is 5.00. The van der Waals surface area contributed by atoms with Gasteiger partial charge in [-0.1, -0.05) is 6.07 Å². The average molecular weight is 292 g/mol. The summed E-state index contributed by atoms with van der Waals surface area (Å²) in [5, 5.41) is 5.67. The Bertz CT molecular complexity index is 518. The van der Waals surface area contributed by atoms with E-state index in [-0.39, 0.29) is 23.8 Å². The maximum Gasteiger partial charge on any atom is 0.229 e. The highest BCUT2D eigenvalue weighted by molar-refractivity contribution is 5.94. The van der Waals surface area contributed by atoms with Crippen molar-refractivity contribution in [1.29, 1.82) is 0 Å². The van der Waals surface area contributed by atoms with Crippen LogP contribution in [0.5, 0.6) is 5.75 Å². The van der Waals surface area contributed by atoms with E-state index >= 15 is 0 Å². The van der Waals surface area contributed by atoms with Crippen LogP contribution >= 0.6 is 0 Å². The molecule has 1 saturated heterocycles. The lowest BCUT2D eigenvalue weighted by atomic mass is 9.90. The Morgan fingerprint density at radius 3 is 2.95 bits per heavy atom. The smallest absolute Gasteiger partial charge is 0.229 e. The van der Waals surface area contributed by atoms with Crippen LogP contribution in [0.3, 0.4) is 0 Å². The monoisotopic (exact) mass is 292 g/mol. The van der Waals surface area contributed by atoms with E-state index in [2.05, 4.69) is 10.6 Å². The first-order valence-electron chi connectivity index (χ1n) is 6.87. The molecule has 0 radical (unpaired) electrons. The molecule has 0 spiro atoms. The summed E-state index contributed by atoms with van der Waals surface area (Å²) in [4.78, 5) is 23.8. The van der Waals surface area contributed by atoms with Crippen LogP contribution in [0.4, 0.5) is 5.69 Å². The Hall–Kier alpha value is -2.08. The topological polar surface area (TPSA) is 76.7 Å². The molecule has 114 valence electrons. The lowest BCUT2D eigenvalue weighted by Gasteiger charge is -2.30. The minimum Gasteiger partial charge on any atom is -0.497 e. The number of ether oxygens (including phenoxy) is 2. The molecule has 1 heterocycles. The van der Waals surface area contributed by atoms with Gasteiger partial charge in [0, 0.05) is 25.3 Å². The van der Waals surface area contributed by atoms with Gasteiger partial charge in [-0.05, 0) is 18.6 Å². The molecule has 2 rings (SSSR count). The van der Waals surface area contributed by atoms with Gasteiger partial charge >= 0.3 is 0 Å². The Morgan fingerprint density at radius 1 is 1.43 bits per heavy atom. The molecule has 1 aromatic carbocycles. The van der Waals surface area contributed by atoms with Crippen LogP contribution in [0.25, 0.3) is 0 Å². The van der Waals surface area contributed by atoms with Gasteiger partial charge in [0.1, 0.15) is 5.75 Å². The Labute approximate surface area is 123 Å². The number of carbonyl (C=O) groups is 2. The fourth-order valence-electron chi connectivity index (χ4n) is 2.45. The second-order valence-corrected chi connectivity index (χ2v) is 5.00. The fourth-order valence-corrected chi connectivity index (χ4v) is 2.45. The van der Waals surface area contributed by atoms with Crippen molar-refractivity contribution in [1.82, 2.24) is 5.32 Å². The molecule has 2 atom stereocenters. The van der Waals surface area contributed by atoms with E-state index in [4.69, 9.17) is 9.47 Å². The highest BCUT2D eigenvalue weighted by atomic mass is 16.5. The summed E-state index contributed by atoms with van der Waals surface area (Å²) in [7, 11) is 3.13. The maximum atomic E-state index is 12.4. The van der Waals surface area contributed by atoms with Crippen LogP contribution in [0.15, 0.2) is 24.3 Å². The van der Waals surface area contributed by atoms with Gasteiger partial charge in [0.05, 0.1) is 25.7 Å². The third-order valence-corrected chi connectivity index (χ3v) is 3.53. The van der Waals surface area contributed by atoms with Crippen molar-refractivity contribution in [3.8, 4) is 5.75 Å². The van der Waals surface area contributed by atoms with Crippen LogP contribution < -0.4 is 15.4 Å². The molecule has 21 heavy (non-hydrogen) atoms. The van der Waals surface area contributed by atoms with E-state index in [0.717, 1.165) is 0 Å². The van der Waals surface area contributed by atoms with Gasteiger partial charge < -0.3 is 20.1 Å². The lowest BCUT2D eigenvalue weighted by molar-refractivity contribution is -0.129. The summed E-state index contributed by atoms with van der Waals surface area (Å²) >= 11 is 0. The molecule has 1 aliphatic rings. The number of benzene rings is 1. The largest absolute Gasteiger partial charge is 0.497 e. The van der Waals surface area contributed by atoms with E-state index in [1.54, 1.807) is 26.4 Å². The molecule has 1 aliphatic heterocycles. The summed E-state index contributed by atoms with van der Waals surface area (Å²) in [5.41, 5.74) is 0.674. The number of anilines is 1. The molecule has 0 aliphatic carbocycles. The molecule has 6 nitrogen and oxygen atoms in total. The van der Waals surface area contributed by atoms with Crippen molar-refractivity contribution in [2.45, 2.75) is 18.9 Å². The Morgan fingerprint density at radius 2 is 2.24 bits per heavy atom. The van der Waals surface area contributed by atoms with E-state index < -0.39 is 0 Å². The van der Waals surface area contributed by atoms with Crippen molar-refractivity contribution < 1.29 is 19.1 Å². The molecule has 1 aromatic rings. The summed E-state index contributed by atoms with van der Waals surface area (Å²) in [5.74, 6) is 0.222. The van der Waals surface area contributed by atoms with E-state index in [1.807, 2.05) is 12.1 Å². The maximum absolute atomic E-state index is 12.4. The quantitative estimate of drug-likeness (QED) is 0.854. The minimum absolute atomic E-state index is 0.0394. The summed E-state index contributed by atoms with van der Waals surface area (Å²) in [6.07, 6.45) is 0.881. The highest BCUT2D eigenvalue weighted by Gasteiger charge is 2.33. The second kappa shape index (κ2) is 7.08. The van der Waals surface area contributed by atoms with Gasteiger partial charge in [-0.3, -0.25) is 9.59 Å². The average Bonchev–Trinajstić information content (AvgIpc) is 2.48. The number of amides is 2. The van der Waals surface area contributed by atoms with Gasteiger partial charge in [-0.25, -0.2) is 0 Å². The van der Waals surface area contributed by atoms with Crippen molar-refractivity contribution in [2.75, 3.05) is 26.1 Å². The van der Waals surface area contributed by atoms with Gasteiger partial charge in [-0.2, -0.15) is 0 Å². The molecule has 0 aromatic heterocycles. The van der Waals surface area contributed by atoms with Crippen molar-refractivity contribution in [3.63, 3.8) is 0 Å². The van der Waals surface area contributed by atoms with Gasteiger partial charge in [0.25, 0.3) is 0 Å². The zero-order chi connectivity index (χ0) is 15.2. The zero-order valence-electron chi connectivity index (χ0n) is 12.2. The van der Waals surface area contributed by atoms with Crippen LogP contribution in [0.2, 0.25) is 0 Å². The first-order valence-corrected chi connectivity index (χ1v) is 6.87. The molecule has 0 unspecified atom stereocenters. The zero-order valence-corrected chi connectivity index (χ0v) is 12.2. The Kier molecular flexibility index (Phi) is 5.16. The van der Waals surface area contributed by atoms with E-state index in [9.17, 15) is 9.59 Å². The predicted octanol–water partition coefficient (Wildman–Crippen LogP) is 1.17. The molecule has 0 saturated carbocycles.